The van der Waals surface area contributed by atoms with Gasteiger partial charge in [-0.15, -0.1) is 11.3 Å². The van der Waals surface area contributed by atoms with Crippen LogP contribution in [0, 0.1) is 31.1 Å². The molecule has 0 saturated carbocycles. The molecular formula is C19H20N2OS. The predicted octanol–water partition coefficient (Wildman–Crippen LogP) is 4.61. The molecule has 1 N–H and O–H groups in total. The van der Waals surface area contributed by atoms with Crippen LogP contribution in [0.2, 0.25) is 0 Å². The summed E-state index contributed by atoms with van der Waals surface area (Å²) in [4.78, 5) is 13.8. The zero-order valence-corrected chi connectivity index (χ0v) is 14.5. The molecule has 3 rings (SSSR count). The normalized spacial score (nSPS) is 16.5. The Labute approximate surface area is 141 Å². The van der Waals surface area contributed by atoms with E-state index in [1.165, 1.54) is 4.88 Å². The van der Waals surface area contributed by atoms with Gasteiger partial charge in [0.2, 0.25) is 0 Å². The molecule has 4 heteroatoms. The molecule has 0 radical (unpaired) electrons. The third kappa shape index (κ3) is 3.02. The summed E-state index contributed by atoms with van der Waals surface area (Å²) in [6, 6.07) is 8.08. The molecule has 1 amide bonds. The Morgan fingerprint density at radius 3 is 2.87 bits per heavy atom. The highest BCUT2D eigenvalue weighted by molar-refractivity contribution is 7.16. The largest absolute Gasteiger partial charge is 0.312 e. The molecule has 1 unspecified atom stereocenters. The summed E-state index contributed by atoms with van der Waals surface area (Å²) >= 11 is 1.57. The average Bonchev–Trinajstić information content (AvgIpc) is 2.82. The molecule has 118 valence electrons. The van der Waals surface area contributed by atoms with Crippen molar-refractivity contribution >= 4 is 22.2 Å². The van der Waals surface area contributed by atoms with Gasteiger partial charge in [-0.25, -0.2) is 0 Å². The fraction of sp³-hybridized carbons (Fsp3) is 0.368. The molecule has 1 atom stereocenters. The van der Waals surface area contributed by atoms with Crippen molar-refractivity contribution in [3.05, 3.63) is 50.9 Å². The first-order valence-corrected chi connectivity index (χ1v) is 8.74. The summed E-state index contributed by atoms with van der Waals surface area (Å²) in [5, 5.41) is 13.2. The lowest BCUT2D eigenvalue weighted by atomic mass is 9.88. The average molecular weight is 324 g/mol. The van der Waals surface area contributed by atoms with Gasteiger partial charge in [0.25, 0.3) is 5.91 Å². The SMILES string of the molecule is Cc1ccc(C(=O)Nc2sc3c(c2C#N)CCC(C)C3)c(C)c1. The summed E-state index contributed by atoms with van der Waals surface area (Å²) < 4.78 is 0. The second-order valence-corrected chi connectivity index (χ2v) is 7.55. The Morgan fingerprint density at radius 1 is 1.39 bits per heavy atom. The fourth-order valence-electron chi connectivity index (χ4n) is 3.20. The van der Waals surface area contributed by atoms with E-state index in [4.69, 9.17) is 0 Å². The van der Waals surface area contributed by atoms with Crippen molar-refractivity contribution in [2.45, 2.75) is 40.0 Å². The smallest absolute Gasteiger partial charge is 0.256 e. The van der Waals surface area contributed by atoms with Crippen LogP contribution in [0.1, 0.15) is 50.8 Å². The number of amides is 1. The second-order valence-electron chi connectivity index (χ2n) is 6.44. The topological polar surface area (TPSA) is 52.9 Å². The van der Waals surface area contributed by atoms with Gasteiger partial charge in [0, 0.05) is 10.4 Å². The van der Waals surface area contributed by atoms with E-state index in [-0.39, 0.29) is 5.91 Å². The maximum atomic E-state index is 12.6. The molecule has 0 fully saturated rings. The van der Waals surface area contributed by atoms with Gasteiger partial charge in [-0.2, -0.15) is 5.26 Å². The molecular weight excluding hydrogens is 304 g/mol. The van der Waals surface area contributed by atoms with Gasteiger partial charge in [0.05, 0.1) is 5.56 Å². The molecule has 1 aromatic heterocycles. The molecule has 2 aromatic rings. The van der Waals surface area contributed by atoms with Crippen molar-refractivity contribution in [1.82, 2.24) is 0 Å². The summed E-state index contributed by atoms with van der Waals surface area (Å²) in [6.45, 7) is 6.19. The third-order valence-corrected chi connectivity index (χ3v) is 5.65. The van der Waals surface area contributed by atoms with Crippen molar-refractivity contribution < 1.29 is 4.79 Å². The van der Waals surface area contributed by atoms with Gasteiger partial charge in [-0.1, -0.05) is 24.6 Å². The van der Waals surface area contributed by atoms with Crippen LogP contribution in [0.15, 0.2) is 18.2 Å². The molecule has 3 nitrogen and oxygen atoms in total. The molecule has 0 aliphatic heterocycles. The zero-order valence-electron chi connectivity index (χ0n) is 13.7. The van der Waals surface area contributed by atoms with Gasteiger partial charge in [0.15, 0.2) is 0 Å². The number of anilines is 1. The van der Waals surface area contributed by atoms with E-state index in [1.54, 1.807) is 11.3 Å². The van der Waals surface area contributed by atoms with Crippen molar-refractivity contribution in [2.75, 3.05) is 5.32 Å². The van der Waals surface area contributed by atoms with Gasteiger partial charge in [-0.05, 0) is 56.2 Å². The summed E-state index contributed by atoms with van der Waals surface area (Å²) in [5.74, 6) is 0.515. The number of nitriles is 1. The molecule has 1 aliphatic rings. The number of nitrogens with one attached hydrogen (secondary N) is 1. The maximum absolute atomic E-state index is 12.6. The molecule has 1 aliphatic carbocycles. The lowest BCUT2D eigenvalue weighted by molar-refractivity contribution is 0.102. The first-order valence-electron chi connectivity index (χ1n) is 7.92. The van der Waals surface area contributed by atoms with Gasteiger partial charge >= 0.3 is 0 Å². The van der Waals surface area contributed by atoms with Crippen LogP contribution in [0.4, 0.5) is 5.00 Å². The molecule has 0 saturated heterocycles. The van der Waals surface area contributed by atoms with Crippen LogP contribution in [0.25, 0.3) is 0 Å². The highest BCUT2D eigenvalue weighted by Crippen LogP contribution is 2.39. The van der Waals surface area contributed by atoms with E-state index >= 15 is 0 Å². The molecule has 23 heavy (non-hydrogen) atoms. The quantitative estimate of drug-likeness (QED) is 0.876. The molecule has 1 aromatic carbocycles. The zero-order chi connectivity index (χ0) is 16.6. The fourth-order valence-corrected chi connectivity index (χ4v) is 4.55. The van der Waals surface area contributed by atoms with E-state index < -0.39 is 0 Å². The van der Waals surface area contributed by atoms with Crippen molar-refractivity contribution in [2.24, 2.45) is 5.92 Å². The Hall–Kier alpha value is -2.12. The van der Waals surface area contributed by atoms with Crippen LogP contribution >= 0.6 is 11.3 Å². The minimum absolute atomic E-state index is 0.134. The molecule has 0 bridgehead atoms. The van der Waals surface area contributed by atoms with Crippen molar-refractivity contribution in [3.63, 3.8) is 0 Å². The first-order chi connectivity index (χ1) is 11.0. The van der Waals surface area contributed by atoms with E-state index in [0.717, 1.165) is 36.0 Å². The number of carbonyl (C=O) groups is 1. The number of hydrogen-bond acceptors (Lipinski definition) is 3. The first kappa shape index (κ1) is 15.8. The third-order valence-electron chi connectivity index (χ3n) is 4.48. The van der Waals surface area contributed by atoms with Crippen molar-refractivity contribution in [1.29, 1.82) is 5.26 Å². The minimum atomic E-state index is -0.134. The predicted molar refractivity (Wildman–Crippen MR) is 94.1 cm³/mol. The number of nitrogens with zero attached hydrogens (tertiary/aromatic N) is 1. The van der Waals surface area contributed by atoms with E-state index in [2.05, 4.69) is 18.3 Å². The number of thiophene rings is 1. The van der Waals surface area contributed by atoms with E-state index in [1.807, 2.05) is 32.0 Å². The number of carbonyl (C=O) groups excluding carboxylic acids is 1. The lowest BCUT2D eigenvalue weighted by Gasteiger charge is -2.17. The van der Waals surface area contributed by atoms with Crippen LogP contribution in [-0.2, 0) is 12.8 Å². The van der Waals surface area contributed by atoms with E-state index in [9.17, 15) is 10.1 Å². The highest BCUT2D eigenvalue weighted by Gasteiger charge is 2.25. The number of aryl methyl sites for hydroxylation is 2. The summed E-state index contributed by atoms with van der Waals surface area (Å²) in [6.07, 6.45) is 3.06. The van der Waals surface area contributed by atoms with E-state index in [0.29, 0.717) is 22.0 Å². The monoisotopic (exact) mass is 324 g/mol. The minimum Gasteiger partial charge on any atom is -0.312 e. The standard InChI is InChI=1S/C19H20N2OS/c1-11-4-6-14(13(3)8-11)18(22)21-19-16(10-20)15-7-5-12(2)9-17(15)23-19/h4,6,8,12H,5,7,9H2,1-3H3,(H,21,22). The molecule has 0 spiro atoms. The number of fused-ring (bicyclic) bond motifs is 1. The molecule has 1 heterocycles. The van der Waals surface area contributed by atoms with Crippen LogP contribution in [-0.4, -0.2) is 5.91 Å². The Kier molecular flexibility index (Phi) is 4.23. The van der Waals surface area contributed by atoms with Gasteiger partial charge in [0.1, 0.15) is 11.1 Å². The Balaban J connectivity index is 1.91. The van der Waals surface area contributed by atoms with Crippen LogP contribution < -0.4 is 5.32 Å². The maximum Gasteiger partial charge on any atom is 0.256 e. The highest BCUT2D eigenvalue weighted by atomic mass is 32.1. The lowest BCUT2D eigenvalue weighted by Crippen LogP contribution is -2.13. The van der Waals surface area contributed by atoms with Crippen LogP contribution in [0.5, 0.6) is 0 Å². The summed E-state index contributed by atoms with van der Waals surface area (Å²) in [7, 11) is 0. The Morgan fingerprint density at radius 2 is 2.17 bits per heavy atom. The van der Waals surface area contributed by atoms with Crippen LogP contribution in [0.3, 0.4) is 0 Å². The number of hydrogen-bond donors (Lipinski definition) is 1. The number of rotatable bonds is 2. The second kappa shape index (κ2) is 6.17. The Bertz CT molecular complexity index is 814. The number of benzene rings is 1. The van der Waals surface area contributed by atoms with Crippen molar-refractivity contribution in [3.8, 4) is 6.07 Å². The summed E-state index contributed by atoms with van der Waals surface area (Å²) in [5.41, 5.74) is 4.56. The van der Waals surface area contributed by atoms with Gasteiger partial charge in [-0.3, -0.25) is 4.79 Å². The van der Waals surface area contributed by atoms with Gasteiger partial charge < -0.3 is 5.32 Å².